The molecule has 0 aromatic carbocycles. The molecule has 0 aromatic rings. The van der Waals surface area contributed by atoms with Gasteiger partial charge in [-0.2, -0.15) is 0 Å². The third-order valence-corrected chi connectivity index (χ3v) is 2.75. The summed E-state index contributed by atoms with van der Waals surface area (Å²) in [7, 11) is 0. The topological polar surface area (TPSA) is 49.3 Å². The molecule has 2 atom stereocenters. The van der Waals surface area contributed by atoms with Crippen LogP contribution in [0.2, 0.25) is 0 Å². The molecule has 1 aliphatic rings. The highest BCUT2D eigenvalue weighted by atomic mass is 16.3. The van der Waals surface area contributed by atoms with Crippen molar-refractivity contribution in [2.24, 2.45) is 5.92 Å². The Morgan fingerprint density at radius 3 is 2.86 bits per heavy atom. The summed E-state index contributed by atoms with van der Waals surface area (Å²) < 4.78 is 0. The Morgan fingerprint density at radius 2 is 2.21 bits per heavy atom. The monoisotopic (exact) mass is 195 g/mol. The summed E-state index contributed by atoms with van der Waals surface area (Å²) in [5.74, 6) is 2.43. The van der Waals surface area contributed by atoms with Gasteiger partial charge in [-0.15, -0.1) is 6.42 Å². The summed E-state index contributed by atoms with van der Waals surface area (Å²) in [5.41, 5.74) is 0. The molecule has 2 N–H and O–H groups in total. The van der Waals surface area contributed by atoms with Gasteiger partial charge >= 0.3 is 0 Å². The van der Waals surface area contributed by atoms with E-state index in [0.717, 1.165) is 25.7 Å². The number of rotatable bonds is 3. The Morgan fingerprint density at radius 1 is 1.50 bits per heavy atom. The van der Waals surface area contributed by atoms with Gasteiger partial charge in [-0.25, -0.2) is 0 Å². The summed E-state index contributed by atoms with van der Waals surface area (Å²) in [6, 6.07) is 0.120. The molecule has 1 aliphatic carbocycles. The van der Waals surface area contributed by atoms with Gasteiger partial charge in [0, 0.05) is 18.6 Å². The zero-order chi connectivity index (χ0) is 10.4. The van der Waals surface area contributed by atoms with Crippen LogP contribution >= 0.6 is 0 Å². The molecule has 0 radical (unpaired) electrons. The lowest BCUT2D eigenvalue weighted by Gasteiger charge is -2.30. The molecule has 0 aliphatic heterocycles. The van der Waals surface area contributed by atoms with Gasteiger partial charge in [0.25, 0.3) is 0 Å². The van der Waals surface area contributed by atoms with Crippen molar-refractivity contribution in [3.8, 4) is 12.3 Å². The van der Waals surface area contributed by atoms with Crippen LogP contribution in [0.25, 0.3) is 0 Å². The smallest absolute Gasteiger partial charge is 0.232 e. The van der Waals surface area contributed by atoms with Crippen molar-refractivity contribution >= 4 is 5.91 Å². The normalized spacial score (nSPS) is 26.6. The lowest BCUT2D eigenvalue weighted by molar-refractivity contribution is -0.121. The minimum Gasteiger partial charge on any atom is -0.396 e. The zero-order valence-corrected chi connectivity index (χ0v) is 8.33. The maximum atomic E-state index is 11.2. The number of aliphatic hydroxyl groups is 1. The average Bonchev–Trinajstić information content (AvgIpc) is 2.19. The quantitative estimate of drug-likeness (QED) is 0.650. The molecule has 1 rings (SSSR count). The fourth-order valence-electron chi connectivity index (χ4n) is 1.97. The van der Waals surface area contributed by atoms with Crippen LogP contribution in [0.15, 0.2) is 0 Å². The lowest BCUT2D eigenvalue weighted by Crippen LogP contribution is -2.43. The highest BCUT2D eigenvalue weighted by Crippen LogP contribution is 2.23. The van der Waals surface area contributed by atoms with Crippen LogP contribution < -0.4 is 5.32 Å². The van der Waals surface area contributed by atoms with E-state index in [1.54, 1.807) is 0 Å². The minimum atomic E-state index is -0.0992. The van der Waals surface area contributed by atoms with Gasteiger partial charge in [0.2, 0.25) is 5.91 Å². The number of nitrogens with one attached hydrogen (secondary N) is 1. The molecule has 0 spiro atoms. The fourth-order valence-corrected chi connectivity index (χ4v) is 1.97. The largest absolute Gasteiger partial charge is 0.396 e. The molecule has 1 fully saturated rings. The second-order valence-electron chi connectivity index (χ2n) is 3.78. The van der Waals surface area contributed by atoms with E-state index < -0.39 is 0 Å². The summed E-state index contributed by atoms with van der Waals surface area (Å²) >= 11 is 0. The first-order valence-electron chi connectivity index (χ1n) is 5.11. The SMILES string of the molecule is C#CCC(=O)NC1CCCCC1CO. The Bertz CT molecular complexity index is 232. The maximum absolute atomic E-state index is 11.2. The van der Waals surface area contributed by atoms with Crippen LogP contribution in [0.5, 0.6) is 0 Å². The van der Waals surface area contributed by atoms with Crippen molar-refractivity contribution in [1.29, 1.82) is 0 Å². The highest BCUT2D eigenvalue weighted by Gasteiger charge is 2.25. The zero-order valence-electron chi connectivity index (χ0n) is 8.33. The molecule has 14 heavy (non-hydrogen) atoms. The predicted octanol–water partition coefficient (Wildman–Crippen LogP) is 0.677. The molecule has 78 valence electrons. The van der Waals surface area contributed by atoms with Crippen LogP contribution in [0, 0.1) is 18.3 Å². The van der Waals surface area contributed by atoms with Crippen LogP contribution in [-0.4, -0.2) is 23.7 Å². The number of carbonyl (C=O) groups excluding carboxylic acids is 1. The molecule has 3 nitrogen and oxygen atoms in total. The molecular weight excluding hydrogens is 178 g/mol. The standard InChI is InChI=1S/C11H17NO2/c1-2-5-11(14)12-10-7-4-3-6-9(10)8-13/h1,9-10,13H,3-8H2,(H,12,14). The van der Waals surface area contributed by atoms with Crippen molar-refractivity contribution in [2.75, 3.05) is 6.61 Å². The van der Waals surface area contributed by atoms with E-state index in [4.69, 9.17) is 11.5 Å². The first-order valence-corrected chi connectivity index (χ1v) is 5.11. The first-order chi connectivity index (χ1) is 6.77. The Labute approximate surface area is 84.9 Å². The van der Waals surface area contributed by atoms with Crippen molar-refractivity contribution < 1.29 is 9.90 Å². The van der Waals surface area contributed by atoms with E-state index in [1.165, 1.54) is 0 Å². The number of terminal acetylenes is 1. The molecule has 0 heterocycles. The van der Waals surface area contributed by atoms with Crippen molar-refractivity contribution in [2.45, 2.75) is 38.1 Å². The van der Waals surface area contributed by atoms with E-state index >= 15 is 0 Å². The number of hydrogen-bond donors (Lipinski definition) is 2. The second kappa shape index (κ2) is 5.66. The van der Waals surface area contributed by atoms with Gasteiger partial charge in [0.1, 0.15) is 0 Å². The minimum absolute atomic E-state index is 0.0992. The summed E-state index contributed by atoms with van der Waals surface area (Å²) in [5, 5.41) is 12.0. The van der Waals surface area contributed by atoms with Crippen molar-refractivity contribution in [3.63, 3.8) is 0 Å². The van der Waals surface area contributed by atoms with E-state index in [2.05, 4.69) is 11.2 Å². The number of carbonyl (C=O) groups is 1. The summed E-state index contributed by atoms with van der Waals surface area (Å²) in [6.45, 7) is 0.154. The van der Waals surface area contributed by atoms with Crippen molar-refractivity contribution in [1.82, 2.24) is 5.32 Å². The van der Waals surface area contributed by atoms with Gasteiger partial charge in [0.15, 0.2) is 0 Å². The van der Waals surface area contributed by atoms with Crippen molar-refractivity contribution in [3.05, 3.63) is 0 Å². The van der Waals surface area contributed by atoms with Crippen LogP contribution in [0.3, 0.4) is 0 Å². The highest BCUT2D eigenvalue weighted by molar-refractivity contribution is 5.78. The third kappa shape index (κ3) is 3.04. The molecular formula is C11H17NO2. The molecule has 0 bridgehead atoms. The Kier molecular flexibility index (Phi) is 4.48. The molecule has 0 saturated heterocycles. The van der Waals surface area contributed by atoms with E-state index in [-0.39, 0.29) is 30.9 Å². The number of hydrogen-bond acceptors (Lipinski definition) is 2. The molecule has 0 aromatic heterocycles. The van der Waals surface area contributed by atoms with E-state index in [0.29, 0.717) is 0 Å². The molecule has 3 heteroatoms. The van der Waals surface area contributed by atoms with Gasteiger partial charge in [-0.05, 0) is 12.8 Å². The maximum Gasteiger partial charge on any atom is 0.232 e. The average molecular weight is 195 g/mol. The first kappa shape index (κ1) is 11.1. The third-order valence-electron chi connectivity index (χ3n) is 2.75. The molecule has 2 unspecified atom stereocenters. The number of aliphatic hydroxyl groups excluding tert-OH is 1. The molecule has 1 saturated carbocycles. The van der Waals surface area contributed by atoms with Gasteiger partial charge in [0.05, 0.1) is 6.42 Å². The second-order valence-corrected chi connectivity index (χ2v) is 3.78. The molecule has 1 amide bonds. The van der Waals surface area contributed by atoms with Gasteiger partial charge in [-0.1, -0.05) is 18.8 Å². The van der Waals surface area contributed by atoms with E-state index in [9.17, 15) is 4.79 Å². The van der Waals surface area contributed by atoms with Gasteiger partial charge in [-0.3, -0.25) is 4.79 Å². The van der Waals surface area contributed by atoms with Crippen LogP contribution in [0.4, 0.5) is 0 Å². The fraction of sp³-hybridized carbons (Fsp3) is 0.727. The summed E-state index contributed by atoms with van der Waals surface area (Å²) in [4.78, 5) is 11.2. The van der Waals surface area contributed by atoms with Gasteiger partial charge < -0.3 is 10.4 Å². The Hall–Kier alpha value is -1.01. The van der Waals surface area contributed by atoms with E-state index in [1.807, 2.05) is 0 Å². The lowest BCUT2D eigenvalue weighted by atomic mass is 9.85. The van der Waals surface area contributed by atoms with Crippen LogP contribution in [0.1, 0.15) is 32.1 Å². The Balaban J connectivity index is 2.40. The predicted molar refractivity (Wildman–Crippen MR) is 54.4 cm³/mol. The summed E-state index contributed by atoms with van der Waals surface area (Å²) in [6.07, 6.45) is 9.40. The van der Waals surface area contributed by atoms with Crippen LogP contribution in [-0.2, 0) is 4.79 Å². The number of amides is 1.